The molecule has 0 bridgehead atoms. The van der Waals surface area contributed by atoms with Crippen LogP contribution in [0, 0.1) is 0 Å². The minimum Gasteiger partial charge on any atom is -0.360 e. The van der Waals surface area contributed by atoms with Crippen LogP contribution in [0.1, 0.15) is 29.0 Å². The SMILES string of the molecule is CNC(C)Cc1noc(CNC(=O)c2c[nH]c3ccccc3c2=O)n1. The number of aromatic nitrogens is 3. The van der Waals surface area contributed by atoms with Crippen LogP contribution in [0.15, 0.2) is 39.8 Å². The van der Waals surface area contributed by atoms with E-state index >= 15 is 0 Å². The van der Waals surface area contributed by atoms with E-state index in [1.165, 1.54) is 6.20 Å². The zero-order chi connectivity index (χ0) is 17.8. The molecule has 3 N–H and O–H groups in total. The first-order valence-corrected chi connectivity index (χ1v) is 7.96. The molecule has 1 atom stereocenters. The van der Waals surface area contributed by atoms with Gasteiger partial charge in [0.1, 0.15) is 5.56 Å². The van der Waals surface area contributed by atoms with Crippen LogP contribution >= 0.6 is 0 Å². The van der Waals surface area contributed by atoms with E-state index in [9.17, 15) is 9.59 Å². The highest BCUT2D eigenvalue weighted by molar-refractivity contribution is 5.96. The molecular formula is C17H19N5O3. The molecule has 25 heavy (non-hydrogen) atoms. The number of carbonyl (C=O) groups is 1. The van der Waals surface area contributed by atoms with Crippen LogP contribution in [-0.2, 0) is 13.0 Å². The molecule has 0 saturated heterocycles. The first-order chi connectivity index (χ1) is 12.1. The number of hydrogen-bond acceptors (Lipinski definition) is 6. The molecule has 0 radical (unpaired) electrons. The molecule has 2 heterocycles. The maximum Gasteiger partial charge on any atom is 0.257 e. The molecule has 1 amide bonds. The predicted octanol–water partition coefficient (Wildman–Crippen LogP) is 0.991. The van der Waals surface area contributed by atoms with Crippen molar-refractivity contribution in [2.75, 3.05) is 7.05 Å². The van der Waals surface area contributed by atoms with Gasteiger partial charge in [-0.2, -0.15) is 4.98 Å². The van der Waals surface area contributed by atoms with Crippen molar-refractivity contribution >= 4 is 16.8 Å². The van der Waals surface area contributed by atoms with Crippen LogP contribution in [0.4, 0.5) is 0 Å². The van der Waals surface area contributed by atoms with Crippen molar-refractivity contribution in [3.05, 3.63) is 58.0 Å². The lowest BCUT2D eigenvalue weighted by atomic mass is 10.1. The number of pyridine rings is 1. The van der Waals surface area contributed by atoms with E-state index in [1.807, 2.05) is 20.0 Å². The van der Waals surface area contributed by atoms with Crippen molar-refractivity contribution in [3.8, 4) is 0 Å². The van der Waals surface area contributed by atoms with Crippen molar-refractivity contribution < 1.29 is 9.32 Å². The molecule has 8 nitrogen and oxygen atoms in total. The molecule has 2 aromatic heterocycles. The molecule has 0 spiro atoms. The highest BCUT2D eigenvalue weighted by atomic mass is 16.5. The summed E-state index contributed by atoms with van der Waals surface area (Å²) in [5.74, 6) is 0.369. The molecule has 3 rings (SSSR count). The van der Waals surface area contributed by atoms with E-state index in [4.69, 9.17) is 4.52 Å². The molecule has 0 aliphatic carbocycles. The van der Waals surface area contributed by atoms with Crippen molar-refractivity contribution in [3.63, 3.8) is 0 Å². The fourth-order valence-corrected chi connectivity index (χ4v) is 2.41. The summed E-state index contributed by atoms with van der Waals surface area (Å²) in [5.41, 5.74) is 0.410. The van der Waals surface area contributed by atoms with Gasteiger partial charge in [0.15, 0.2) is 5.82 Å². The van der Waals surface area contributed by atoms with E-state index < -0.39 is 5.91 Å². The summed E-state index contributed by atoms with van der Waals surface area (Å²) >= 11 is 0. The number of carbonyl (C=O) groups excluding carboxylic acids is 1. The van der Waals surface area contributed by atoms with Gasteiger partial charge < -0.3 is 20.1 Å². The van der Waals surface area contributed by atoms with Crippen LogP contribution in [-0.4, -0.2) is 34.1 Å². The van der Waals surface area contributed by atoms with E-state index in [2.05, 4.69) is 25.8 Å². The Labute approximate surface area is 143 Å². The molecule has 0 saturated carbocycles. The molecule has 1 aromatic carbocycles. The molecular weight excluding hydrogens is 322 g/mol. The standard InChI is InChI=1S/C17H19N5O3/c1-10(18-2)7-14-21-15(25-22-14)9-20-17(24)12-8-19-13-6-4-3-5-11(13)16(12)23/h3-6,8,10,18H,7,9H2,1-2H3,(H,19,23)(H,20,24). The third-order valence-corrected chi connectivity index (χ3v) is 3.92. The summed E-state index contributed by atoms with van der Waals surface area (Å²) in [6.45, 7) is 2.07. The zero-order valence-corrected chi connectivity index (χ0v) is 14.0. The lowest BCUT2D eigenvalue weighted by Crippen LogP contribution is -2.28. The minimum absolute atomic E-state index is 0.0437. The summed E-state index contributed by atoms with van der Waals surface area (Å²) in [4.78, 5) is 31.9. The van der Waals surface area contributed by atoms with Gasteiger partial charge in [0, 0.05) is 29.6 Å². The first-order valence-electron chi connectivity index (χ1n) is 7.96. The van der Waals surface area contributed by atoms with Crippen LogP contribution in [0.3, 0.4) is 0 Å². The van der Waals surface area contributed by atoms with Crippen LogP contribution in [0.2, 0.25) is 0 Å². The summed E-state index contributed by atoms with van der Waals surface area (Å²) in [7, 11) is 1.85. The summed E-state index contributed by atoms with van der Waals surface area (Å²) in [5, 5.41) is 10.1. The average Bonchev–Trinajstić information content (AvgIpc) is 3.07. The lowest BCUT2D eigenvalue weighted by molar-refractivity contribution is 0.0945. The van der Waals surface area contributed by atoms with E-state index in [-0.39, 0.29) is 23.6 Å². The number of H-pyrrole nitrogens is 1. The Hall–Kier alpha value is -3.00. The zero-order valence-electron chi connectivity index (χ0n) is 14.0. The first kappa shape index (κ1) is 16.8. The Balaban J connectivity index is 1.69. The second-order valence-electron chi connectivity index (χ2n) is 5.76. The molecule has 0 aliphatic heterocycles. The van der Waals surface area contributed by atoms with Crippen molar-refractivity contribution in [2.45, 2.75) is 25.9 Å². The maximum absolute atomic E-state index is 12.4. The molecule has 8 heteroatoms. The van der Waals surface area contributed by atoms with Gasteiger partial charge in [-0.25, -0.2) is 0 Å². The number of nitrogens with one attached hydrogen (secondary N) is 3. The molecule has 0 fully saturated rings. The predicted molar refractivity (Wildman–Crippen MR) is 92.3 cm³/mol. The summed E-state index contributed by atoms with van der Waals surface area (Å²) in [6.07, 6.45) is 2.03. The smallest absolute Gasteiger partial charge is 0.257 e. The van der Waals surface area contributed by atoms with Crippen molar-refractivity contribution in [2.24, 2.45) is 0 Å². The largest absolute Gasteiger partial charge is 0.360 e. The molecule has 1 unspecified atom stereocenters. The Morgan fingerprint density at radius 3 is 2.96 bits per heavy atom. The molecule has 3 aromatic rings. The Morgan fingerprint density at radius 2 is 2.16 bits per heavy atom. The van der Waals surface area contributed by atoms with Gasteiger partial charge in [0.25, 0.3) is 5.91 Å². The number of nitrogens with zero attached hydrogens (tertiary/aromatic N) is 2. The molecule has 0 aliphatic rings. The van der Waals surface area contributed by atoms with Gasteiger partial charge in [-0.05, 0) is 26.1 Å². The highest BCUT2D eigenvalue weighted by Gasteiger charge is 2.15. The number of rotatable bonds is 6. The highest BCUT2D eigenvalue weighted by Crippen LogP contribution is 2.07. The number of benzene rings is 1. The number of fused-ring (bicyclic) bond motifs is 1. The fourth-order valence-electron chi connectivity index (χ4n) is 2.41. The Kier molecular flexibility index (Phi) is 4.90. The summed E-state index contributed by atoms with van der Waals surface area (Å²) in [6, 6.07) is 7.25. The normalized spacial score (nSPS) is 12.2. The van der Waals surface area contributed by atoms with E-state index in [0.29, 0.717) is 29.0 Å². The van der Waals surface area contributed by atoms with E-state index in [1.54, 1.807) is 18.2 Å². The van der Waals surface area contributed by atoms with Crippen LogP contribution < -0.4 is 16.1 Å². The minimum atomic E-state index is -0.490. The van der Waals surface area contributed by atoms with Gasteiger partial charge in [0.05, 0.1) is 6.54 Å². The van der Waals surface area contributed by atoms with Gasteiger partial charge in [-0.1, -0.05) is 17.3 Å². The second-order valence-corrected chi connectivity index (χ2v) is 5.76. The average molecular weight is 341 g/mol. The summed E-state index contributed by atoms with van der Waals surface area (Å²) < 4.78 is 5.11. The van der Waals surface area contributed by atoms with Crippen LogP contribution in [0.5, 0.6) is 0 Å². The second kappa shape index (κ2) is 7.27. The number of hydrogen-bond donors (Lipinski definition) is 3. The van der Waals surface area contributed by atoms with Gasteiger partial charge in [-0.3, -0.25) is 9.59 Å². The quantitative estimate of drug-likeness (QED) is 0.616. The number of aromatic amines is 1. The third kappa shape index (κ3) is 3.74. The molecule has 130 valence electrons. The topological polar surface area (TPSA) is 113 Å². The van der Waals surface area contributed by atoms with Gasteiger partial charge in [0.2, 0.25) is 11.3 Å². The number of likely N-dealkylation sites (N-methyl/N-ethyl adjacent to an activating group) is 1. The Morgan fingerprint density at radius 1 is 1.36 bits per heavy atom. The van der Waals surface area contributed by atoms with Crippen LogP contribution in [0.25, 0.3) is 10.9 Å². The number of para-hydroxylation sites is 1. The van der Waals surface area contributed by atoms with Crippen molar-refractivity contribution in [1.29, 1.82) is 0 Å². The Bertz CT molecular complexity index is 947. The monoisotopic (exact) mass is 341 g/mol. The van der Waals surface area contributed by atoms with Gasteiger partial charge in [-0.15, -0.1) is 0 Å². The maximum atomic E-state index is 12.4. The van der Waals surface area contributed by atoms with Gasteiger partial charge >= 0.3 is 0 Å². The third-order valence-electron chi connectivity index (χ3n) is 3.92. The lowest BCUT2D eigenvalue weighted by Gasteiger charge is -2.05. The fraction of sp³-hybridized carbons (Fsp3) is 0.294. The van der Waals surface area contributed by atoms with E-state index in [0.717, 1.165) is 0 Å². The van der Waals surface area contributed by atoms with Crippen molar-refractivity contribution in [1.82, 2.24) is 25.8 Å². The number of amides is 1.